The van der Waals surface area contributed by atoms with Crippen LogP contribution in [-0.4, -0.2) is 49.7 Å². The predicted molar refractivity (Wildman–Crippen MR) is 91.1 cm³/mol. The lowest BCUT2D eigenvalue weighted by Crippen LogP contribution is -2.35. The number of hydrogen-bond donors (Lipinski definition) is 0. The number of hydrogen-bond acceptors (Lipinski definition) is 5. The first-order valence-corrected chi connectivity index (χ1v) is 8.85. The molecule has 0 aliphatic carbocycles. The number of alkyl halides is 6. The number of nitrogens with zero attached hydrogens (tertiary/aromatic N) is 6. The third-order valence-electron chi connectivity index (χ3n) is 4.40. The van der Waals surface area contributed by atoms with Crippen molar-refractivity contribution in [1.29, 1.82) is 5.26 Å². The van der Waals surface area contributed by atoms with Crippen molar-refractivity contribution in [2.24, 2.45) is 0 Å². The summed E-state index contributed by atoms with van der Waals surface area (Å²) in [5, 5.41) is 12.1. The lowest BCUT2D eigenvalue weighted by Gasteiger charge is -2.22. The number of aromatic nitrogens is 4. The van der Waals surface area contributed by atoms with Crippen molar-refractivity contribution in [2.75, 3.05) is 13.1 Å². The Morgan fingerprint density at radius 1 is 1.13 bits per heavy atom. The zero-order chi connectivity index (χ0) is 22.7. The molecule has 0 aliphatic heterocycles. The Kier molecular flexibility index (Phi) is 6.89. The molecule has 1 amide bonds. The van der Waals surface area contributed by atoms with Crippen molar-refractivity contribution in [2.45, 2.75) is 51.9 Å². The summed E-state index contributed by atoms with van der Waals surface area (Å²) in [4.78, 5) is 20.7. The fourth-order valence-electron chi connectivity index (χ4n) is 2.89. The highest BCUT2D eigenvalue weighted by Crippen LogP contribution is 2.27. The van der Waals surface area contributed by atoms with Crippen molar-refractivity contribution < 1.29 is 31.1 Å². The van der Waals surface area contributed by atoms with E-state index >= 15 is 0 Å². The number of aryl methyl sites for hydroxylation is 2. The van der Waals surface area contributed by atoms with Gasteiger partial charge in [0.2, 0.25) is 5.91 Å². The molecular weight excluding hydrogens is 418 g/mol. The standard InChI is InChI=1S/C17H18F6N6O/c1-10-12(11(2)29-15(25-10)26-14(27-29)17(21,22)23)4-5-13(30)28(8-3-7-24)9-6-16(18,19)20/h3-6,8-9H2,1-2H3. The highest BCUT2D eigenvalue weighted by molar-refractivity contribution is 5.76. The van der Waals surface area contributed by atoms with Crippen molar-refractivity contribution in [3.63, 3.8) is 0 Å². The van der Waals surface area contributed by atoms with Gasteiger partial charge < -0.3 is 4.90 Å². The van der Waals surface area contributed by atoms with Crippen molar-refractivity contribution in [3.05, 3.63) is 22.8 Å². The monoisotopic (exact) mass is 436 g/mol. The van der Waals surface area contributed by atoms with Gasteiger partial charge in [-0.3, -0.25) is 4.79 Å². The van der Waals surface area contributed by atoms with Crippen LogP contribution in [0.25, 0.3) is 5.78 Å². The molecule has 0 aliphatic rings. The molecule has 7 nitrogen and oxygen atoms in total. The number of amides is 1. The Hall–Kier alpha value is -2.91. The Morgan fingerprint density at radius 2 is 1.80 bits per heavy atom. The van der Waals surface area contributed by atoms with Crippen LogP contribution in [0.2, 0.25) is 0 Å². The van der Waals surface area contributed by atoms with Gasteiger partial charge in [0.05, 0.1) is 18.9 Å². The van der Waals surface area contributed by atoms with E-state index in [1.165, 1.54) is 13.8 Å². The molecule has 164 valence electrons. The van der Waals surface area contributed by atoms with Crippen LogP contribution in [0.4, 0.5) is 26.3 Å². The number of fused-ring (bicyclic) bond motifs is 1. The maximum absolute atomic E-state index is 12.8. The lowest BCUT2D eigenvalue weighted by molar-refractivity contribution is -0.146. The molecular formula is C17H18F6N6O. The van der Waals surface area contributed by atoms with Gasteiger partial charge in [-0.1, -0.05) is 0 Å². The molecule has 0 aromatic carbocycles. The van der Waals surface area contributed by atoms with Crippen molar-refractivity contribution in [1.82, 2.24) is 24.5 Å². The molecule has 0 N–H and O–H groups in total. The van der Waals surface area contributed by atoms with Gasteiger partial charge in [0.15, 0.2) is 0 Å². The smallest absolute Gasteiger partial charge is 0.341 e. The minimum Gasteiger partial charge on any atom is -0.341 e. The van der Waals surface area contributed by atoms with Gasteiger partial charge >= 0.3 is 12.4 Å². The van der Waals surface area contributed by atoms with E-state index in [9.17, 15) is 31.1 Å². The third kappa shape index (κ3) is 5.80. The fraction of sp³-hybridized carbons (Fsp3) is 0.588. The fourth-order valence-corrected chi connectivity index (χ4v) is 2.89. The minimum atomic E-state index is -4.75. The summed E-state index contributed by atoms with van der Waals surface area (Å²) in [5.74, 6) is -2.18. The van der Waals surface area contributed by atoms with Crippen LogP contribution < -0.4 is 0 Å². The first-order chi connectivity index (χ1) is 13.8. The van der Waals surface area contributed by atoms with E-state index < -0.39 is 37.0 Å². The van der Waals surface area contributed by atoms with Gasteiger partial charge in [-0.05, 0) is 25.8 Å². The summed E-state index contributed by atoms with van der Waals surface area (Å²) in [6, 6.07) is 1.78. The Balaban J connectivity index is 2.19. The Bertz CT molecular complexity index is 959. The van der Waals surface area contributed by atoms with Crippen LogP contribution >= 0.6 is 0 Å². The van der Waals surface area contributed by atoms with E-state index in [0.717, 1.165) is 9.42 Å². The van der Waals surface area contributed by atoms with Crippen LogP contribution in [-0.2, 0) is 17.4 Å². The van der Waals surface area contributed by atoms with Gasteiger partial charge in [-0.2, -0.15) is 36.6 Å². The first-order valence-electron chi connectivity index (χ1n) is 8.85. The highest BCUT2D eigenvalue weighted by atomic mass is 19.4. The average molecular weight is 436 g/mol. The van der Waals surface area contributed by atoms with E-state index in [-0.39, 0.29) is 31.6 Å². The maximum atomic E-state index is 12.8. The second-order valence-electron chi connectivity index (χ2n) is 6.56. The number of carbonyl (C=O) groups excluding carboxylic acids is 1. The third-order valence-corrected chi connectivity index (χ3v) is 4.40. The molecule has 0 saturated carbocycles. The Morgan fingerprint density at radius 3 is 2.37 bits per heavy atom. The normalized spacial score (nSPS) is 12.2. The van der Waals surface area contributed by atoms with E-state index in [1.807, 2.05) is 0 Å². The largest absolute Gasteiger partial charge is 0.453 e. The minimum absolute atomic E-state index is 0.0374. The number of nitriles is 1. The second-order valence-corrected chi connectivity index (χ2v) is 6.56. The molecule has 0 radical (unpaired) electrons. The van der Waals surface area contributed by atoms with Crippen LogP contribution in [0.15, 0.2) is 0 Å². The van der Waals surface area contributed by atoms with Crippen molar-refractivity contribution in [3.8, 4) is 6.07 Å². The molecule has 0 unspecified atom stereocenters. The van der Waals surface area contributed by atoms with E-state index in [1.54, 1.807) is 6.07 Å². The SMILES string of the molecule is Cc1nc2nc(C(F)(F)F)nn2c(C)c1CCC(=O)N(CCC#N)CCC(F)(F)F. The molecule has 2 heterocycles. The van der Waals surface area contributed by atoms with Gasteiger partial charge in [0.1, 0.15) is 0 Å². The van der Waals surface area contributed by atoms with Gasteiger partial charge in [0.25, 0.3) is 11.6 Å². The second kappa shape index (κ2) is 8.85. The summed E-state index contributed by atoms with van der Waals surface area (Å²) in [6.07, 6.45) is -10.7. The summed E-state index contributed by atoms with van der Waals surface area (Å²) in [7, 11) is 0. The van der Waals surface area contributed by atoms with Gasteiger partial charge in [0, 0.05) is 30.9 Å². The quantitative estimate of drug-likeness (QED) is 0.621. The van der Waals surface area contributed by atoms with Crippen LogP contribution in [0, 0.1) is 25.2 Å². The molecule has 0 spiro atoms. The summed E-state index contributed by atoms with van der Waals surface area (Å²) < 4.78 is 76.9. The first kappa shape index (κ1) is 23.4. The Labute approximate surface area is 167 Å². The van der Waals surface area contributed by atoms with Gasteiger partial charge in [-0.15, -0.1) is 5.10 Å². The summed E-state index contributed by atoms with van der Waals surface area (Å²) in [5.41, 5.74) is 1.09. The molecule has 2 aromatic rings. The predicted octanol–water partition coefficient (Wildman–Crippen LogP) is 3.39. The van der Waals surface area contributed by atoms with Crippen LogP contribution in [0.3, 0.4) is 0 Å². The average Bonchev–Trinajstić information content (AvgIpc) is 3.05. The van der Waals surface area contributed by atoms with E-state index in [2.05, 4.69) is 15.1 Å². The molecule has 0 fully saturated rings. The van der Waals surface area contributed by atoms with Crippen LogP contribution in [0.1, 0.15) is 42.0 Å². The number of carbonyl (C=O) groups is 1. The molecule has 2 aromatic heterocycles. The summed E-state index contributed by atoms with van der Waals surface area (Å²) >= 11 is 0. The van der Waals surface area contributed by atoms with E-state index in [0.29, 0.717) is 17.0 Å². The van der Waals surface area contributed by atoms with Crippen LogP contribution in [0.5, 0.6) is 0 Å². The zero-order valence-corrected chi connectivity index (χ0v) is 16.1. The zero-order valence-electron chi connectivity index (χ0n) is 16.1. The van der Waals surface area contributed by atoms with Gasteiger partial charge in [-0.25, -0.2) is 9.50 Å². The molecule has 2 rings (SSSR count). The highest BCUT2D eigenvalue weighted by Gasteiger charge is 2.37. The molecule has 0 bridgehead atoms. The topological polar surface area (TPSA) is 87.2 Å². The molecule has 30 heavy (non-hydrogen) atoms. The molecule has 0 atom stereocenters. The van der Waals surface area contributed by atoms with E-state index in [4.69, 9.17) is 5.26 Å². The molecule has 13 heteroatoms. The number of halogens is 6. The lowest BCUT2D eigenvalue weighted by atomic mass is 10.1. The summed E-state index contributed by atoms with van der Waals surface area (Å²) in [6.45, 7) is 2.31. The van der Waals surface area contributed by atoms with Crippen molar-refractivity contribution >= 4 is 11.7 Å². The molecule has 0 saturated heterocycles. The maximum Gasteiger partial charge on any atom is 0.453 e. The number of rotatable bonds is 7.